The van der Waals surface area contributed by atoms with Gasteiger partial charge in [-0.3, -0.25) is 4.99 Å². The number of nitrogens with zero attached hydrogens (tertiary/aromatic N) is 1. The monoisotopic (exact) mass is 485 g/mol. The number of hydrogen-bond donors (Lipinski definition) is 2. The normalized spacial score (nSPS) is 11.2. The van der Waals surface area contributed by atoms with Gasteiger partial charge in [-0.25, -0.2) is 4.39 Å². The van der Waals surface area contributed by atoms with Crippen LogP contribution in [0.4, 0.5) is 4.39 Å². The van der Waals surface area contributed by atoms with Gasteiger partial charge in [0.15, 0.2) is 5.96 Å². The minimum absolute atomic E-state index is 0. The number of guanidine groups is 1. The van der Waals surface area contributed by atoms with Crippen molar-refractivity contribution in [2.45, 2.75) is 39.5 Å². The Labute approximate surface area is 178 Å². The Hall–Kier alpha value is -1.67. The summed E-state index contributed by atoms with van der Waals surface area (Å²) in [5, 5.41) is 6.55. The third kappa shape index (κ3) is 9.19. The maximum absolute atomic E-state index is 13.2. The minimum atomic E-state index is -0.202. The first kappa shape index (κ1) is 23.4. The molecule has 148 valence electrons. The van der Waals surface area contributed by atoms with Crippen LogP contribution in [-0.4, -0.2) is 25.7 Å². The Morgan fingerprint density at radius 2 is 1.74 bits per heavy atom. The van der Waals surface area contributed by atoms with Crippen LogP contribution in [-0.2, 0) is 24.3 Å². The zero-order valence-corrected chi connectivity index (χ0v) is 18.5. The van der Waals surface area contributed by atoms with E-state index in [0.29, 0.717) is 19.7 Å². The van der Waals surface area contributed by atoms with Crippen molar-refractivity contribution in [3.63, 3.8) is 0 Å². The second-order valence-corrected chi connectivity index (χ2v) is 6.41. The van der Waals surface area contributed by atoms with E-state index in [1.54, 1.807) is 19.2 Å². The molecule has 2 rings (SSSR count). The number of hydrogen-bond acceptors (Lipinski definition) is 2. The van der Waals surface area contributed by atoms with Crippen molar-refractivity contribution < 1.29 is 9.13 Å². The van der Waals surface area contributed by atoms with Crippen molar-refractivity contribution in [1.82, 2.24) is 10.6 Å². The lowest BCUT2D eigenvalue weighted by Crippen LogP contribution is -2.37. The lowest BCUT2D eigenvalue weighted by molar-refractivity contribution is 0.0657. The molecule has 0 saturated heterocycles. The summed E-state index contributed by atoms with van der Waals surface area (Å²) in [5.74, 6) is 0.525. The van der Waals surface area contributed by atoms with Gasteiger partial charge in [0.05, 0.1) is 12.7 Å². The summed E-state index contributed by atoms with van der Waals surface area (Å²) >= 11 is 0. The molecular formula is C21H29FIN3O. The molecule has 0 radical (unpaired) electrons. The summed E-state index contributed by atoms with van der Waals surface area (Å²) in [6.07, 6.45) is 0.957. The SMILES string of the molecule is CN=C(NCCc1cccc(F)c1)NCc1cccc(COC(C)C)c1.I. The molecule has 0 atom stereocenters. The predicted octanol–water partition coefficient (Wildman–Crippen LogP) is 4.28. The van der Waals surface area contributed by atoms with Gasteiger partial charge >= 0.3 is 0 Å². The Morgan fingerprint density at radius 3 is 2.44 bits per heavy atom. The first-order chi connectivity index (χ1) is 12.6. The van der Waals surface area contributed by atoms with Crippen LogP contribution >= 0.6 is 24.0 Å². The largest absolute Gasteiger partial charge is 0.374 e. The van der Waals surface area contributed by atoms with E-state index >= 15 is 0 Å². The van der Waals surface area contributed by atoms with Crippen molar-refractivity contribution in [3.8, 4) is 0 Å². The molecule has 0 aliphatic carbocycles. The molecular weight excluding hydrogens is 456 g/mol. The number of benzene rings is 2. The fraction of sp³-hybridized carbons (Fsp3) is 0.381. The van der Waals surface area contributed by atoms with Crippen LogP contribution in [0.2, 0.25) is 0 Å². The minimum Gasteiger partial charge on any atom is -0.374 e. The van der Waals surface area contributed by atoms with Gasteiger partial charge in [0.25, 0.3) is 0 Å². The quantitative estimate of drug-likeness (QED) is 0.334. The van der Waals surface area contributed by atoms with Gasteiger partial charge in [-0.15, -0.1) is 24.0 Å². The van der Waals surface area contributed by atoms with Gasteiger partial charge in [-0.1, -0.05) is 36.4 Å². The predicted molar refractivity (Wildman–Crippen MR) is 120 cm³/mol. The first-order valence-corrected chi connectivity index (χ1v) is 8.95. The molecule has 0 unspecified atom stereocenters. The van der Waals surface area contributed by atoms with Gasteiger partial charge in [-0.05, 0) is 49.1 Å². The fourth-order valence-corrected chi connectivity index (χ4v) is 2.52. The summed E-state index contributed by atoms with van der Waals surface area (Å²) in [6.45, 7) is 6.04. The third-order valence-corrected chi connectivity index (χ3v) is 3.85. The van der Waals surface area contributed by atoms with Crippen molar-refractivity contribution in [3.05, 3.63) is 71.0 Å². The second-order valence-electron chi connectivity index (χ2n) is 6.41. The van der Waals surface area contributed by atoms with Crippen LogP contribution < -0.4 is 10.6 Å². The van der Waals surface area contributed by atoms with Crippen molar-refractivity contribution in [1.29, 1.82) is 0 Å². The molecule has 0 amide bonds. The topological polar surface area (TPSA) is 45.7 Å². The highest BCUT2D eigenvalue weighted by Gasteiger charge is 2.02. The lowest BCUT2D eigenvalue weighted by Gasteiger charge is -2.13. The summed E-state index contributed by atoms with van der Waals surface area (Å²) in [4.78, 5) is 4.23. The van der Waals surface area contributed by atoms with E-state index in [1.165, 1.54) is 11.6 Å². The standard InChI is InChI=1S/C21H28FN3O.HI/c1-16(2)26-15-19-8-4-7-18(12-19)14-25-21(23-3)24-11-10-17-6-5-9-20(22)13-17;/h4-9,12-13,16H,10-11,14-15H2,1-3H3,(H2,23,24,25);1H. The molecule has 0 bridgehead atoms. The number of rotatable bonds is 8. The summed E-state index contributed by atoms with van der Waals surface area (Å²) in [7, 11) is 1.74. The van der Waals surface area contributed by atoms with Gasteiger partial charge in [0.1, 0.15) is 5.82 Å². The number of nitrogens with one attached hydrogen (secondary N) is 2. The second kappa shape index (κ2) is 12.7. The van der Waals surface area contributed by atoms with Crippen LogP contribution in [0.5, 0.6) is 0 Å². The summed E-state index contributed by atoms with van der Waals surface area (Å²) in [6, 6.07) is 15.0. The Balaban J connectivity index is 0.00000364. The zero-order valence-electron chi connectivity index (χ0n) is 16.2. The van der Waals surface area contributed by atoms with Crippen LogP contribution in [0, 0.1) is 5.82 Å². The van der Waals surface area contributed by atoms with E-state index < -0.39 is 0 Å². The highest BCUT2D eigenvalue weighted by atomic mass is 127. The summed E-state index contributed by atoms with van der Waals surface area (Å²) in [5.41, 5.74) is 3.29. The average molecular weight is 485 g/mol. The molecule has 0 saturated carbocycles. The van der Waals surface area contributed by atoms with Crippen LogP contribution in [0.3, 0.4) is 0 Å². The Kier molecular flexibility index (Phi) is 11.0. The molecule has 0 spiro atoms. The molecule has 2 aromatic carbocycles. The molecule has 27 heavy (non-hydrogen) atoms. The van der Waals surface area contributed by atoms with Gasteiger partial charge in [0, 0.05) is 20.1 Å². The van der Waals surface area contributed by atoms with Crippen molar-refractivity contribution in [2.24, 2.45) is 4.99 Å². The van der Waals surface area contributed by atoms with E-state index in [1.807, 2.05) is 26.0 Å². The molecule has 0 aliphatic rings. The van der Waals surface area contributed by atoms with E-state index in [0.717, 1.165) is 23.5 Å². The Morgan fingerprint density at radius 1 is 1.04 bits per heavy atom. The number of aliphatic imine (C=N–C) groups is 1. The average Bonchev–Trinajstić information content (AvgIpc) is 2.63. The van der Waals surface area contributed by atoms with Crippen LogP contribution in [0.1, 0.15) is 30.5 Å². The number of ether oxygens (including phenoxy) is 1. The maximum Gasteiger partial charge on any atom is 0.191 e. The number of halogens is 2. The molecule has 0 aliphatic heterocycles. The van der Waals surface area contributed by atoms with Gasteiger partial charge < -0.3 is 15.4 Å². The smallest absolute Gasteiger partial charge is 0.191 e. The molecule has 6 heteroatoms. The Bertz CT molecular complexity index is 722. The van der Waals surface area contributed by atoms with Crippen molar-refractivity contribution in [2.75, 3.05) is 13.6 Å². The zero-order chi connectivity index (χ0) is 18.8. The molecule has 0 aromatic heterocycles. The highest BCUT2D eigenvalue weighted by Crippen LogP contribution is 2.08. The van der Waals surface area contributed by atoms with Gasteiger partial charge in [0.2, 0.25) is 0 Å². The van der Waals surface area contributed by atoms with Crippen molar-refractivity contribution >= 4 is 29.9 Å². The van der Waals surface area contributed by atoms with E-state index in [4.69, 9.17) is 4.74 Å². The molecule has 2 N–H and O–H groups in total. The molecule has 4 nitrogen and oxygen atoms in total. The maximum atomic E-state index is 13.2. The van der Waals surface area contributed by atoms with E-state index in [2.05, 4.69) is 33.8 Å². The molecule has 0 fully saturated rings. The summed E-state index contributed by atoms with van der Waals surface area (Å²) < 4.78 is 18.8. The van der Waals surface area contributed by atoms with Gasteiger partial charge in [-0.2, -0.15) is 0 Å². The van der Waals surface area contributed by atoms with Crippen LogP contribution in [0.15, 0.2) is 53.5 Å². The molecule has 0 heterocycles. The van der Waals surface area contributed by atoms with E-state index in [9.17, 15) is 4.39 Å². The molecule has 2 aromatic rings. The van der Waals surface area contributed by atoms with E-state index in [-0.39, 0.29) is 35.9 Å². The first-order valence-electron chi connectivity index (χ1n) is 8.95. The highest BCUT2D eigenvalue weighted by molar-refractivity contribution is 14.0. The lowest BCUT2D eigenvalue weighted by atomic mass is 10.1. The third-order valence-electron chi connectivity index (χ3n) is 3.85. The van der Waals surface area contributed by atoms with Crippen LogP contribution in [0.25, 0.3) is 0 Å². The fourth-order valence-electron chi connectivity index (χ4n) is 2.52.